The molecule has 0 fully saturated rings. The van der Waals surface area contributed by atoms with Crippen LogP contribution >= 0.6 is 12.6 Å². The van der Waals surface area contributed by atoms with Gasteiger partial charge in [0, 0.05) is 5.75 Å². The fourth-order valence-electron chi connectivity index (χ4n) is 1.23. The molecule has 1 rings (SSSR count). The third-order valence-electron chi connectivity index (χ3n) is 1.95. The number of nitrogens with zero attached hydrogens (tertiary/aromatic N) is 2. The number of carbonyl (C=O) groups is 1. The van der Waals surface area contributed by atoms with Crippen LogP contribution in [0, 0.1) is 10.1 Å². The van der Waals surface area contributed by atoms with E-state index in [0.29, 0.717) is 5.01 Å². The maximum Gasteiger partial charge on any atom is 0.333 e. The van der Waals surface area contributed by atoms with Crippen molar-refractivity contribution >= 4 is 24.3 Å². The lowest BCUT2D eigenvalue weighted by molar-refractivity contribution is -0.497. The predicted molar refractivity (Wildman–Crippen MR) is 61.2 cm³/mol. The van der Waals surface area contributed by atoms with Gasteiger partial charge in [0.1, 0.15) is 5.69 Å². The number of hydrogen-bond acceptors (Lipinski definition) is 4. The van der Waals surface area contributed by atoms with E-state index in [2.05, 4.69) is 12.6 Å². The first-order valence-electron chi connectivity index (χ1n) is 4.40. The molecule has 1 atom stereocenters. The summed E-state index contributed by atoms with van der Waals surface area (Å²) in [6.45, 7) is 0. The fourth-order valence-corrected chi connectivity index (χ4v) is 1.54. The third kappa shape index (κ3) is 2.63. The number of thiol groups is 1. The van der Waals surface area contributed by atoms with Gasteiger partial charge in [-0.1, -0.05) is 23.2 Å². The Balaban J connectivity index is 3.09. The Morgan fingerprint density at radius 2 is 2.06 bits per heavy atom. The highest BCUT2D eigenvalue weighted by molar-refractivity contribution is 7.80. The highest BCUT2D eigenvalue weighted by Gasteiger charge is 2.33. The van der Waals surface area contributed by atoms with Crippen LogP contribution in [0.3, 0.4) is 0 Å². The Morgan fingerprint density at radius 3 is 2.44 bits per heavy atom. The van der Waals surface area contributed by atoms with E-state index >= 15 is 0 Å². The summed E-state index contributed by atoms with van der Waals surface area (Å²) in [6, 6.07) is 6.55. The van der Waals surface area contributed by atoms with Crippen molar-refractivity contribution in [3.63, 3.8) is 0 Å². The first kappa shape index (κ1) is 12.3. The molecule has 86 valence electrons. The molecular weight excluding hydrogens is 232 g/mol. The summed E-state index contributed by atoms with van der Waals surface area (Å²) in [5.74, 6) is -1.43. The largest absolute Gasteiger partial charge is 0.480 e. The molecule has 1 aromatic rings. The van der Waals surface area contributed by atoms with Crippen LogP contribution in [0.25, 0.3) is 0 Å². The Hall–Kier alpha value is -1.76. The zero-order valence-electron chi connectivity index (χ0n) is 8.18. The first-order valence-corrected chi connectivity index (χ1v) is 5.03. The lowest BCUT2D eigenvalue weighted by atomic mass is 10.2. The molecule has 1 aromatic carbocycles. The molecule has 1 N–H and O–H groups in total. The number of aliphatic carboxylic acids is 1. The van der Waals surface area contributed by atoms with Gasteiger partial charge in [-0.25, -0.2) is 14.9 Å². The number of para-hydroxylation sites is 1. The van der Waals surface area contributed by atoms with Crippen molar-refractivity contribution in [2.24, 2.45) is 0 Å². The van der Waals surface area contributed by atoms with Gasteiger partial charge in [-0.15, -0.1) is 0 Å². The number of carboxylic acids is 1. The maximum absolute atomic E-state index is 10.9. The Bertz CT molecular complexity index is 384. The summed E-state index contributed by atoms with van der Waals surface area (Å²) < 4.78 is 0. The number of rotatable bonds is 5. The van der Waals surface area contributed by atoms with Gasteiger partial charge in [-0.3, -0.25) is 0 Å². The van der Waals surface area contributed by atoms with Crippen LogP contribution in [-0.2, 0) is 4.79 Å². The highest BCUT2D eigenvalue weighted by atomic mass is 32.1. The molecule has 0 bridgehead atoms. The van der Waals surface area contributed by atoms with Gasteiger partial charge in [-0.2, -0.15) is 12.6 Å². The van der Waals surface area contributed by atoms with Gasteiger partial charge in [0.15, 0.2) is 5.03 Å². The molecule has 0 saturated carbocycles. The van der Waals surface area contributed by atoms with Crippen LogP contribution in [0.15, 0.2) is 30.3 Å². The van der Waals surface area contributed by atoms with Gasteiger partial charge in [-0.05, 0) is 12.1 Å². The monoisotopic (exact) mass is 242 g/mol. The van der Waals surface area contributed by atoms with Crippen LogP contribution in [0.1, 0.15) is 0 Å². The lowest BCUT2D eigenvalue weighted by Crippen LogP contribution is -2.46. The molecule has 0 spiro atoms. The molecule has 0 aromatic heterocycles. The van der Waals surface area contributed by atoms with E-state index in [0.717, 1.165) is 0 Å². The van der Waals surface area contributed by atoms with E-state index in [1.165, 1.54) is 12.1 Å². The normalized spacial score (nSPS) is 11.8. The second-order valence-electron chi connectivity index (χ2n) is 2.95. The molecule has 6 nitrogen and oxygen atoms in total. The summed E-state index contributed by atoms with van der Waals surface area (Å²) in [6.07, 6.45) is 0. The van der Waals surface area contributed by atoms with Crippen LogP contribution in [-0.4, -0.2) is 27.9 Å². The molecular formula is C9H10N2O4S. The minimum Gasteiger partial charge on any atom is -0.480 e. The van der Waals surface area contributed by atoms with Crippen molar-refractivity contribution in [1.82, 2.24) is 0 Å². The van der Waals surface area contributed by atoms with E-state index in [1.54, 1.807) is 18.2 Å². The van der Waals surface area contributed by atoms with E-state index in [-0.39, 0.29) is 11.4 Å². The average molecular weight is 242 g/mol. The zero-order valence-corrected chi connectivity index (χ0v) is 9.08. The molecule has 0 saturated heterocycles. The quantitative estimate of drug-likeness (QED) is 0.458. The Labute approximate surface area is 97.0 Å². The van der Waals surface area contributed by atoms with E-state index in [9.17, 15) is 14.9 Å². The van der Waals surface area contributed by atoms with Gasteiger partial charge >= 0.3 is 5.97 Å². The zero-order chi connectivity index (χ0) is 12.1. The number of nitro groups is 1. The average Bonchev–Trinajstić information content (AvgIpc) is 2.25. The van der Waals surface area contributed by atoms with Crippen molar-refractivity contribution < 1.29 is 14.9 Å². The molecule has 16 heavy (non-hydrogen) atoms. The molecule has 0 aliphatic carbocycles. The smallest absolute Gasteiger partial charge is 0.333 e. The molecule has 7 heteroatoms. The standard InChI is InChI=1S/C9H10N2O4S/c12-9(13)8(6-16)10(11(14)15)7-4-2-1-3-5-7/h1-5,8,16H,6H2,(H,12,13)/t8-/m0/s1. The molecule has 0 aliphatic heterocycles. The van der Waals surface area contributed by atoms with Gasteiger partial charge in [0.05, 0.1) is 0 Å². The summed E-state index contributed by atoms with van der Waals surface area (Å²) in [4.78, 5) is 21.7. The van der Waals surface area contributed by atoms with Crippen LogP contribution < -0.4 is 5.01 Å². The number of carboxylic acid groups (broad SMARTS) is 1. The summed E-state index contributed by atoms with van der Waals surface area (Å²) in [5, 5.41) is 19.5. The van der Waals surface area contributed by atoms with Gasteiger partial charge in [0.25, 0.3) is 0 Å². The SMILES string of the molecule is O=C(O)[C@H](CS)N(c1ccccc1)[N+](=O)[O-]. The predicted octanol–water partition coefficient (Wildman–Crippen LogP) is 1.07. The van der Waals surface area contributed by atoms with Crippen molar-refractivity contribution in [2.75, 3.05) is 10.8 Å². The number of hydrazine groups is 1. The van der Waals surface area contributed by atoms with Crippen LogP contribution in [0.4, 0.5) is 5.69 Å². The Kier molecular flexibility index (Phi) is 4.12. The lowest BCUT2D eigenvalue weighted by Gasteiger charge is -2.19. The molecule has 0 radical (unpaired) electrons. The molecule has 0 aliphatic rings. The van der Waals surface area contributed by atoms with Crippen molar-refractivity contribution in [3.05, 3.63) is 40.4 Å². The number of anilines is 1. The second-order valence-corrected chi connectivity index (χ2v) is 3.32. The summed E-state index contributed by atoms with van der Waals surface area (Å²) in [7, 11) is 0. The van der Waals surface area contributed by atoms with Crippen LogP contribution in [0.5, 0.6) is 0 Å². The van der Waals surface area contributed by atoms with E-state index < -0.39 is 17.0 Å². The molecule has 0 heterocycles. The summed E-state index contributed by atoms with van der Waals surface area (Å²) >= 11 is 3.81. The van der Waals surface area contributed by atoms with Gasteiger partial charge in [0.2, 0.25) is 6.04 Å². The second kappa shape index (κ2) is 5.36. The topological polar surface area (TPSA) is 83.7 Å². The third-order valence-corrected chi connectivity index (χ3v) is 2.30. The highest BCUT2D eigenvalue weighted by Crippen LogP contribution is 2.17. The molecule has 0 unspecified atom stereocenters. The van der Waals surface area contributed by atoms with Crippen molar-refractivity contribution in [2.45, 2.75) is 6.04 Å². The first-order chi connectivity index (χ1) is 7.57. The van der Waals surface area contributed by atoms with E-state index in [4.69, 9.17) is 5.11 Å². The van der Waals surface area contributed by atoms with Crippen molar-refractivity contribution in [1.29, 1.82) is 0 Å². The molecule has 0 amide bonds. The number of hydrogen-bond donors (Lipinski definition) is 2. The fraction of sp³-hybridized carbons (Fsp3) is 0.222. The minimum atomic E-state index is -1.29. The maximum atomic E-state index is 10.9. The van der Waals surface area contributed by atoms with Crippen LogP contribution in [0.2, 0.25) is 0 Å². The number of benzene rings is 1. The van der Waals surface area contributed by atoms with Crippen molar-refractivity contribution in [3.8, 4) is 0 Å². The summed E-state index contributed by atoms with van der Waals surface area (Å²) in [5.41, 5.74) is 0.217. The van der Waals surface area contributed by atoms with E-state index in [1.807, 2.05) is 0 Å². The minimum absolute atomic E-state index is 0.148. The Morgan fingerprint density at radius 1 is 1.50 bits per heavy atom. The van der Waals surface area contributed by atoms with Gasteiger partial charge < -0.3 is 5.11 Å².